The molecule has 5 rings (SSSR count). The standard InChI is InChI=1S/C27H23N3O2/c1-32-20-11-7-10-19(16-20)25-26-22(21-12-5-6-13-23(21)29-26)17-24(30-25)27(31)28-15-14-18-8-3-2-4-9-18/h2-13,16-17,29H,14-15H2,1H3,(H,28,31). The van der Waals surface area contributed by atoms with Gasteiger partial charge in [0.15, 0.2) is 0 Å². The lowest BCUT2D eigenvalue weighted by Gasteiger charge is -2.10. The van der Waals surface area contributed by atoms with Crippen LogP contribution in [0.1, 0.15) is 16.1 Å². The third kappa shape index (κ3) is 3.81. The number of benzene rings is 3. The van der Waals surface area contributed by atoms with Gasteiger partial charge in [-0.3, -0.25) is 4.79 Å². The molecule has 5 nitrogen and oxygen atoms in total. The van der Waals surface area contributed by atoms with Crippen LogP contribution in [0.5, 0.6) is 5.75 Å². The molecule has 0 aliphatic rings. The normalized spacial score (nSPS) is 11.0. The molecule has 0 unspecified atom stereocenters. The number of rotatable bonds is 6. The Labute approximate surface area is 186 Å². The van der Waals surface area contributed by atoms with Gasteiger partial charge in [0.2, 0.25) is 0 Å². The highest BCUT2D eigenvalue weighted by molar-refractivity contribution is 6.13. The van der Waals surface area contributed by atoms with Crippen molar-refractivity contribution in [3.63, 3.8) is 0 Å². The smallest absolute Gasteiger partial charge is 0.269 e. The van der Waals surface area contributed by atoms with Crippen molar-refractivity contribution in [2.24, 2.45) is 0 Å². The van der Waals surface area contributed by atoms with E-state index in [-0.39, 0.29) is 5.91 Å². The fourth-order valence-electron chi connectivity index (χ4n) is 4.00. The summed E-state index contributed by atoms with van der Waals surface area (Å²) in [4.78, 5) is 21.3. The van der Waals surface area contributed by atoms with Crippen molar-refractivity contribution < 1.29 is 9.53 Å². The van der Waals surface area contributed by atoms with Gasteiger partial charge in [-0.15, -0.1) is 0 Å². The summed E-state index contributed by atoms with van der Waals surface area (Å²) in [5.41, 5.74) is 5.11. The second kappa shape index (κ2) is 8.55. The van der Waals surface area contributed by atoms with Gasteiger partial charge in [-0.05, 0) is 36.2 Å². The Morgan fingerprint density at radius 2 is 1.75 bits per heavy atom. The molecule has 0 saturated carbocycles. The van der Waals surface area contributed by atoms with Gasteiger partial charge in [-0.25, -0.2) is 4.98 Å². The van der Waals surface area contributed by atoms with E-state index in [2.05, 4.69) is 28.5 Å². The average Bonchev–Trinajstić information content (AvgIpc) is 3.23. The second-order valence-corrected chi connectivity index (χ2v) is 7.67. The molecular weight excluding hydrogens is 398 g/mol. The Hall–Kier alpha value is -4.12. The molecule has 158 valence electrons. The molecule has 5 heteroatoms. The maximum atomic E-state index is 13.0. The van der Waals surface area contributed by atoms with Crippen molar-refractivity contribution in [1.82, 2.24) is 15.3 Å². The summed E-state index contributed by atoms with van der Waals surface area (Å²) in [5.74, 6) is 0.559. The van der Waals surface area contributed by atoms with Gasteiger partial charge in [0.1, 0.15) is 11.4 Å². The zero-order valence-electron chi connectivity index (χ0n) is 17.8. The van der Waals surface area contributed by atoms with Gasteiger partial charge >= 0.3 is 0 Å². The van der Waals surface area contributed by atoms with E-state index >= 15 is 0 Å². The summed E-state index contributed by atoms with van der Waals surface area (Å²) in [6, 6.07) is 27.8. The number of hydrogen-bond donors (Lipinski definition) is 2. The molecule has 2 aromatic heterocycles. The number of H-pyrrole nitrogens is 1. The van der Waals surface area contributed by atoms with Crippen LogP contribution in [-0.4, -0.2) is 29.5 Å². The molecule has 2 heterocycles. The Balaban J connectivity index is 1.55. The maximum absolute atomic E-state index is 13.0. The van der Waals surface area contributed by atoms with Crippen LogP contribution in [0.15, 0.2) is 84.9 Å². The summed E-state index contributed by atoms with van der Waals surface area (Å²) >= 11 is 0. The third-order valence-electron chi connectivity index (χ3n) is 5.61. The molecule has 0 fully saturated rings. The minimum absolute atomic E-state index is 0.183. The topological polar surface area (TPSA) is 67.0 Å². The number of carbonyl (C=O) groups excluding carboxylic acids is 1. The van der Waals surface area contributed by atoms with E-state index in [1.807, 2.05) is 66.7 Å². The molecule has 3 aromatic carbocycles. The van der Waals surface area contributed by atoms with Crippen LogP contribution in [0.4, 0.5) is 0 Å². The van der Waals surface area contributed by atoms with Gasteiger partial charge in [0.05, 0.1) is 18.3 Å². The van der Waals surface area contributed by atoms with Gasteiger partial charge in [0.25, 0.3) is 5.91 Å². The van der Waals surface area contributed by atoms with E-state index in [0.717, 1.165) is 45.2 Å². The largest absolute Gasteiger partial charge is 0.497 e. The van der Waals surface area contributed by atoms with Crippen molar-refractivity contribution >= 4 is 27.7 Å². The van der Waals surface area contributed by atoms with Crippen LogP contribution >= 0.6 is 0 Å². The number of fused-ring (bicyclic) bond motifs is 3. The molecule has 0 saturated heterocycles. The number of aromatic nitrogens is 2. The van der Waals surface area contributed by atoms with Crippen molar-refractivity contribution in [2.75, 3.05) is 13.7 Å². The first-order valence-electron chi connectivity index (χ1n) is 10.6. The zero-order valence-corrected chi connectivity index (χ0v) is 17.8. The number of aromatic amines is 1. The third-order valence-corrected chi connectivity index (χ3v) is 5.61. The highest BCUT2D eigenvalue weighted by Crippen LogP contribution is 2.33. The van der Waals surface area contributed by atoms with Crippen LogP contribution in [0.3, 0.4) is 0 Å². The van der Waals surface area contributed by atoms with E-state index < -0.39 is 0 Å². The summed E-state index contributed by atoms with van der Waals surface area (Å²) in [7, 11) is 1.64. The van der Waals surface area contributed by atoms with Crippen molar-refractivity contribution in [2.45, 2.75) is 6.42 Å². The highest BCUT2D eigenvalue weighted by Gasteiger charge is 2.17. The lowest BCUT2D eigenvalue weighted by atomic mass is 10.1. The maximum Gasteiger partial charge on any atom is 0.269 e. The van der Waals surface area contributed by atoms with Crippen LogP contribution in [0.2, 0.25) is 0 Å². The monoisotopic (exact) mass is 421 g/mol. The lowest BCUT2D eigenvalue weighted by molar-refractivity contribution is 0.0949. The molecule has 0 atom stereocenters. The number of ether oxygens (including phenoxy) is 1. The average molecular weight is 422 g/mol. The number of pyridine rings is 1. The van der Waals surface area contributed by atoms with E-state index in [4.69, 9.17) is 9.72 Å². The summed E-state index contributed by atoms with van der Waals surface area (Å²) < 4.78 is 5.40. The molecule has 0 radical (unpaired) electrons. The van der Waals surface area contributed by atoms with Crippen LogP contribution in [0, 0.1) is 0 Å². The predicted molar refractivity (Wildman–Crippen MR) is 128 cm³/mol. The minimum Gasteiger partial charge on any atom is -0.497 e. The quantitative estimate of drug-likeness (QED) is 0.388. The van der Waals surface area contributed by atoms with Crippen molar-refractivity contribution in [1.29, 1.82) is 0 Å². The molecule has 0 bridgehead atoms. The summed E-state index contributed by atoms with van der Waals surface area (Å²) in [5, 5.41) is 5.05. The van der Waals surface area contributed by atoms with Gasteiger partial charge in [-0.2, -0.15) is 0 Å². The molecule has 0 spiro atoms. The molecule has 0 aliphatic heterocycles. The molecule has 0 aliphatic carbocycles. The zero-order chi connectivity index (χ0) is 21.9. The second-order valence-electron chi connectivity index (χ2n) is 7.67. The summed E-state index contributed by atoms with van der Waals surface area (Å²) in [6.45, 7) is 0.547. The Bertz CT molecular complexity index is 1410. The summed E-state index contributed by atoms with van der Waals surface area (Å²) in [6.07, 6.45) is 0.769. The number of nitrogens with one attached hydrogen (secondary N) is 2. The Morgan fingerprint density at radius 3 is 2.59 bits per heavy atom. The SMILES string of the molecule is COc1cccc(-c2nc(C(=O)NCCc3ccccc3)cc3c2[nH]c2ccccc23)c1. The fourth-order valence-corrected chi connectivity index (χ4v) is 4.00. The predicted octanol–water partition coefficient (Wildman–Crippen LogP) is 5.36. The van der Waals surface area contributed by atoms with E-state index in [1.165, 1.54) is 5.56 Å². The molecule has 1 amide bonds. The molecule has 5 aromatic rings. The van der Waals surface area contributed by atoms with Gasteiger partial charge < -0.3 is 15.0 Å². The van der Waals surface area contributed by atoms with E-state index in [1.54, 1.807) is 7.11 Å². The number of carbonyl (C=O) groups is 1. The number of nitrogens with zero attached hydrogens (tertiary/aromatic N) is 1. The number of methoxy groups -OCH3 is 1. The number of para-hydroxylation sites is 1. The highest BCUT2D eigenvalue weighted by atomic mass is 16.5. The van der Waals surface area contributed by atoms with Crippen molar-refractivity contribution in [3.8, 4) is 17.0 Å². The molecule has 2 N–H and O–H groups in total. The lowest BCUT2D eigenvalue weighted by Crippen LogP contribution is -2.26. The van der Waals surface area contributed by atoms with Crippen LogP contribution < -0.4 is 10.1 Å². The molecule has 32 heavy (non-hydrogen) atoms. The van der Waals surface area contributed by atoms with Gasteiger partial charge in [0, 0.05) is 28.4 Å². The fraction of sp³-hybridized carbons (Fsp3) is 0.111. The number of amides is 1. The Morgan fingerprint density at radius 1 is 0.938 bits per heavy atom. The van der Waals surface area contributed by atoms with Crippen LogP contribution in [-0.2, 0) is 6.42 Å². The first-order chi connectivity index (χ1) is 15.7. The first-order valence-corrected chi connectivity index (χ1v) is 10.6. The minimum atomic E-state index is -0.183. The van der Waals surface area contributed by atoms with E-state index in [9.17, 15) is 4.79 Å². The van der Waals surface area contributed by atoms with E-state index in [0.29, 0.717) is 12.2 Å². The Kier molecular flexibility index (Phi) is 5.30. The first kappa shape index (κ1) is 19.8. The van der Waals surface area contributed by atoms with Crippen molar-refractivity contribution in [3.05, 3.63) is 96.2 Å². The van der Waals surface area contributed by atoms with Crippen LogP contribution in [0.25, 0.3) is 33.1 Å². The van der Waals surface area contributed by atoms with Gasteiger partial charge in [-0.1, -0.05) is 60.7 Å². The number of hydrogen-bond acceptors (Lipinski definition) is 3. The molecular formula is C27H23N3O2.